The van der Waals surface area contributed by atoms with Crippen molar-refractivity contribution in [3.05, 3.63) is 53.9 Å². The smallest absolute Gasteiger partial charge is 0.337 e. The SMILES string of the molecule is O=C(O)c1ccccc1NC1=NC(O)Nc2cccnc21. The summed E-state index contributed by atoms with van der Waals surface area (Å²) >= 11 is 0. The van der Waals surface area contributed by atoms with Crippen LogP contribution in [0.1, 0.15) is 16.1 Å². The summed E-state index contributed by atoms with van der Waals surface area (Å²) in [4.78, 5) is 19.4. The summed E-state index contributed by atoms with van der Waals surface area (Å²) in [5.41, 5.74) is 1.64. The molecular weight excluding hydrogens is 272 g/mol. The van der Waals surface area contributed by atoms with Crippen LogP contribution in [0, 0.1) is 0 Å². The largest absolute Gasteiger partial charge is 0.478 e. The summed E-state index contributed by atoms with van der Waals surface area (Å²) in [6.07, 6.45) is 0.486. The molecule has 21 heavy (non-hydrogen) atoms. The van der Waals surface area contributed by atoms with E-state index in [1.807, 2.05) is 0 Å². The van der Waals surface area contributed by atoms with Gasteiger partial charge in [-0.1, -0.05) is 12.1 Å². The number of aliphatic hydroxyl groups excluding tert-OH is 1. The number of rotatable bonds is 2. The van der Waals surface area contributed by atoms with Gasteiger partial charge in [0, 0.05) is 6.20 Å². The second-order valence-corrected chi connectivity index (χ2v) is 4.37. The van der Waals surface area contributed by atoms with Crippen molar-refractivity contribution in [2.45, 2.75) is 6.35 Å². The molecule has 0 bridgehead atoms. The number of aromatic carboxylic acids is 1. The van der Waals surface area contributed by atoms with Gasteiger partial charge in [0.05, 0.1) is 16.9 Å². The Labute approximate surface area is 120 Å². The normalized spacial score (nSPS) is 16.4. The summed E-state index contributed by atoms with van der Waals surface area (Å²) in [5, 5.41) is 24.6. The van der Waals surface area contributed by atoms with E-state index < -0.39 is 12.3 Å². The fourth-order valence-electron chi connectivity index (χ4n) is 2.06. The van der Waals surface area contributed by atoms with E-state index in [0.29, 0.717) is 22.9 Å². The highest BCUT2D eigenvalue weighted by atomic mass is 16.4. The zero-order chi connectivity index (χ0) is 14.8. The molecule has 7 nitrogen and oxygen atoms in total. The number of hydrogen-bond acceptors (Lipinski definition) is 6. The molecule has 1 aromatic heterocycles. The van der Waals surface area contributed by atoms with Crippen molar-refractivity contribution in [3.63, 3.8) is 0 Å². The van der Waals surface area contributed by atoms with Gasteiger partial charge in [0.15, 0.2) is 5.84 Å². The number of aromatic nitrogens is 1. The van der Waals surface area contributed by atoms with E-state index in [1.165, 1.54) is 6.07 Å². The number of nitrogens with zero attached hydrogens (tertiary/aromatic N) is 2. The van der Waals surface area contributed by atoms with Crippen LogP contribution in [0.2, 0.25) is 0 Å². The molecule has 2 aromatic rings. The number of aliphatic hydroxyl groups is 1. The second kappa shape index (κ2) is 5.22. The molecule has 0 saturated heterocycles. The average Bonchev–Trinajstić information content (AvgIpc) is 2.47. The highest BCUT2D eigenvalue weighted by molar-refractivity contribution is 6.13. The lowest BCUT2D eigenvalue weighted by Crippen LogP contribution is -2.30. The summed E-state index contributed by atoms with van der Waals surface area (Å²) in [7, 11) is 0. The quantitative estimate of drug-likeness (QED) is 0.663. The molecule has 106 valence electrons. The minimum Gasteiger partial charge on any atom is -0.478 e. The van der Waals surface area contributed by atoms with E-state index in [-0.39, 0.29) is 5.56 Å². The number of carboxylic acids is 1. The van der Waals surface area contributed by atoms with Crippen LogP contribution in [0.25, 0.3) is 0 Å². The number of pyridine rings is 1. The predicted octanol–water partition coefficient (Wildman–Crippen LogP) is 1.34. The van der Waals surface area contributed by atoms with Gasteiger partial charge in [-0.15, -0.1) is 0 Å². The van der Waals surface area contributed by atoms with Gasteiger partial charge in [0.1, 0.15) is 5.69 Å². The molecule has 7 heteroatoms. The number of carbonyl (C=O) groups is 1. The van der Waals surface area contributed by atoms with Crippen molar-refractivity contribution in [1.29, 1.82) is 0 Å². The first kappa shape index (κ1) is 13.1. The van der Waals surface area contributed by atoms with Crippen molar-refractivity contribution in [1.82, 2.24) is 4.98 Å². The van der Waals surface area contributed by atoms with Gasteiger partial charge < -0.3 is 20.8 Å². The molecule has 4 N–H and O–H groups in total. The number of benzene rings is 1. The zero-order valence-corrected chi connectivity index (χ0v) is 10.8. The minimum atomic E-state index is -1.11. The summed E-state index contributed by atoms with van der Waals surface area (Å²) in [5.74, 6) is -0.736. The molecular formula is C14H12N4O3. The molecule has 1 atom stereocenters. The summed E-state index contributed by atoms with van der Waals surface area (Å²) in [6, 6.07) is 9.95. The summed E-state index contributed by atoms with van der Waals surface area (Å²) in [6.45, 7) is 0. The fraction of sp³-hybridized carbons (Fsp3) is 0.0714. The maximum atomic E-state index is 11.2. The molecule has 3 rings (SSSR count). The molecule has 0 radical (unpaired) electrons. The van der Waals surface area contributed by atoms with Gasteiger partial charge >= 0.3 is 5.97 Å². The van der Waals surface area contributed by atoms with Crippen LogP contribution in [0.4, 0.5) is 11.4 Å². The number of para-hydroxylation sites is 1. The number of carboxylic acid groups (broad SMARTS) is 1. The first-order valence-electron chi connectivity index (χ1n) is 6.22. The van der Waals surface area contributed by atoms with E-state index in [0.717, 1.165) is 0 Å². The lowest BCUT2D eigenvalue weighted by molar-refractivity contribution is 0.0698. The highest BCUT2D eigenvalue weighted by Gasteiger charge is 2.21. The molecule has 1 aliphatic heterocycles. The van der Waals surface area contributed by atoms with Crippen LogP contribution in [-0.2, 0) is 0 Å². The van der Waals surface area contributed by atoms with Crippen LogP contribution < -0.4 is 10.6 Å². The third-order valence-corrected chi connectivity index (χ3v) is 2.98. The molecule has 0 saturated carbocycles. The molecule has 0 amide bonds. The van der Waals surface area contributed by atoms with E-state index >= 15 is 0 Å². The fourth-order valence-corrected chi connectivity index (χ4v) is 2.06. The van der Waals surface area contributed by atoms with Crippen LogP contribution in [0.5, 0.6) is 0 Å². The van der Waals surface area contributed by atoms with E-state index in [4.69, 9.17) is 0 Å². The zero-order valence-electron chi connectivity index (χ0n) is 10.8. The van der Waals surface area contributed by atoms with Crippen LogP contribution >= 0.6 is 0 Å². The van der Waals surface area contributed by atoms with Gasteiger partial charge in [0.25, 0.3) is 0 Å². The molecule has 0 spiro atoms. The van der Waals surface area contributed by atoms with Crippen LogP contribution in [0.15, 0.2) is 47.6 Å². The Hall–Kier alpha value is -2.93. The Morgan fingerprint density at radius 2 is 2.05 bits per heavy atom. The Morgan fingerprint density at radius 3 is 2.86 bits per heavy atom. The first-order chi connectivity index (χ1) is 10.1. The number of anilines is 2. The van der Waals surface area contributed by atoms with Crippen molar-refractivity contribution in [2.24, 2.45) is 4.99 Å². The van der Waals surface area contributed by atoms with Crippen molar-refractivity contribution >= 4 is 23.2 Å². The number of aliphatic imine (C=N–C) groups is 1. The molecule has 1 unspecified atom stereocenters. The average molecular weight is 284 g/mol. The van der Waals surface area contributed by atoms with E-state index in [2.05, 4.69) is 20.6 Å². The van der Waals surface area contributed by atoms with Gasteiger partial charge in [-0.3, -0.25) is 4.98 Å². The van der Waals surface area contributed by atoms with Crippen LogP contribution in [-0.4, -0.2) is 33.4 Å². The monoisotopic (exact) mass is 284 g/mol. The van der Waals surface area contributed by atoms with Gasteiger partial charge in [-0.05, 0) is 24.3 Å². The van der Waals surface area contributed by atoms with Gasteiger partial charge in [-0.25, -0.2) is 9.79 Å². The highest BCUT2D eigenvalue weighted by Crippen LogP contribution is 2.22. The van der Waals surface area contributed by atoms with Gasteiger partial charge in [-0.2, -0.15) is 0 Å². The molecule has 0 aliphatic carbocycles. The van der Waals surface area contributed by atoms with Crippen molar-refractivity contribution < 1.29 is 15.0 Å². The minimum absolute atomic E-state index is 0.116. The maximum Gasteiger partial charge on any atom is 0.337 e. The molecule has 0 fully saturated rings. The van der Waals surface area contributed by atoms with Crippen LogP contribution in [0.3, 0.4) is 0 Å². The van der Waals surface area contributed by atoms with Crippen molar-refractivity contribution in [2.75, 3.05) is 10.6 Å². The number of nitrogens with one attached hydrogen (secondary N) is 2. The Kier molecular flexibility index (Phi) is 3.25. The number of fused-ring (bicyclic) bond motifs is 1. The Balaban J connectivity index is 2.00. The molecule has 1 aromatic carbocycles. The molecule has 1 aliphatic rings. The third-order valence-electron chi connectivity index (χ3n) is 2.98. The molecule has 2 heterocycles. The lowest BCUT2D eigenvalue weighted by atomic mass is 10.1. The van der Waals surface area contributed by atoms with E-state index in [9.17, 15) is 15.0 Å². The topological polar surface area (TPSA) is 107 Å². The Bertz CT molecular complexity index is 730. The predicted molar refractivity (Wildman–Crippen MR) is 77.4 cm³/mol. The standard InChI is InChI=1S/C14H12N4O3/c19-13(20)8-4-1-2-5-9(8)16-12-11-10(6-3-7-15-11)17-14(21)18-12/h1-7,14,17,21H,(H,16,18)(H,19,20). The summed E-state index contributed by atoms with van der Waals surface area (Å²) < 4.78 is 0. The van der Waals surface area contributed by atoms with Crippen molar-refractivity contribution in [3.8, 4) is 0 Å². The maximum absolute atomic E-state index is 11.2. The van der Waals surface area contributed by atoms with E-state index in [1.54, 1.807) is 36.5 Å². The number of hydrogen-bond donors (Lipinski definition) is 4. The number of amidine groups is 1. The third kappa shape index (κ3) is 2.54. The van der Waals surface area contributed by atoms with Gasteiger partial charge in [0.2, 0.25) is 6.35 Å². The lowest BCUT2D eigenvalue weighted by Gasteiger charge is -2.22. The first-order valence-corrected chi connectivity index (χ1v) is 6.22. The second-order valence-electron chi connectivity index (χ2n) is 4.37. The Morgan fingerprint density at radius 1 is 1.24 bits per heavy atom.